The lowest BCUT2D eigenvalue weighted by molar-refractivity contribution is -0.136. The number of nitrogens with zero attached hydrogens (tertiary/aromatic N) is 1. The van der Waals surface area contributed by atoms with Crippen LogP contribution in [0.4, 0.5) is 5.69 Å². The molecule has 180 valence electrons. The van der Waals surface area contributed by atoms with Gasteiger partial charge in [-0.3, -0.25) is 9.59 Å². The van der Waals surface area contributed by atoms with Crippen molar-refractivity contribution in [2.75, 3.05) is 11.9 Å². The minimum atomic E-state index is -0.893. The fourth-order valence-corrected chi connectivity index (χ4v) is 2.94. The highest BCUT2D eigenvalue weighted by molar-refractivity contribution is 6.39. The maximum absolute atomic E-state index is 12.4. The van der Waals surface area contributed by atoms with Crippen molar-refractivity contribution in [3.05, 3.63) is 89.5 Å². The summed E-state index contributed by atoms with van der Waals surface area (Å²) in [7, 11) is 0. The third kappa shape index (κ3) is 8.12. The molecule has 0 saturated heterocycles. The van der Waals surface area contributed by atoms with E-state index in [1.807, 2.05) is 13.0 Å². The average Bonchev–Trinajstić information content (AvgIpc) is 2.85. The molecule has 2 amide bonds. The molecule has 0 aromatic heterocycles. The molecule has 0 atom stereocenters. The van der Waals surface area contributed by atoms with E-state index in [1.165, 1.54) is 6.21 Å². The number of hydrogen-bond acceptors (Lipinski definition) is 6. The number of hydrazone groups is 1. The normalized spacial score (nSPS) is 10.6. The Hall–Kier alpha value is -4.46. The Bertz CT molecular complexity index is 1190. The summed E-state index contributed by atoms with van der Waals surface area (Å²) >= 11 is 0. The fourth-order valence-electron chi connectivity index (χ4n) is 2.94. The van der Waals surface area contributed by atoms with E-state index in [9.17, 15) is 14.4 Å². The van der Waals surface area contributed by atoms with Crippen molar-refractivity contribution >= 4 is 29.7 Å². The quantitative estimate of drug-likeness (QED) is 0.119. The second-order valence-corrected chi connectivity index (χ2v) is 7.71. The van der Waals surface area contributed by atoms with E-state index in [-0.39, 0.29) is 0 Å². The molecule has 3 aromatic rings. The number of esters is 1. The van der Waals surface area contributed by atoms with Crippen molar-refractivity contribution in [2.24, 2.45) is 5.10 Å². The van der Waals surface area contributed by atoms with Crippen LogP contribution in [0, 0.1) is 6.92 Å². The highest BCUT2D eigenvalue weighted by Gasteiger charge is 2.13. The summed E-state index contributed by atoms with van der Waals surface area (Å²) in [5, 5.41) is 6.29. The van der Waals surface area contributed by atoms with Crippen LogP contribution in [0.5, 0.6) is 11.5 Å². The van der Waals surface area contributed by atoms with Gasteiger partial charge in [-0.15, -0.1) is 0 Å². The van der Waals surface area contributed by atoms with E-state index in [4.69, 9.17) is 9.47 Å². The number of aryl methyl sites for hydroxylation is 1. The molecule has 8 heteroatoms. The standard InChI is InChI=1S/C27H27N3O5/c1-3-4-16-34-23-14-10-21(11-15-23)27(33)35-24-12-8-20(9-13-24)18-28-30-26(32)25(31)29-22-7-5-6-19(2)17-22/h5-15,17-18H,3-4,16H2,1-2H3,(H,29,31)(H,30,32). The van der Waals surface area contributed by atoms with Crippen LogP contribution in [0.2, 0.25) is 0 Å². The first-order valence-corrected chi connectivity index (χ1v) is 11.2. The van der Waals surface area contributed by atoms with Gasteiger partial charge in [-0.1, -0.05) is 25.5 Å². The third-order valence-corrected chi connectivity index (χ3v) is 4.81. The molecule has 0 heterocycles. The highest BCUT2D eigenvalue weighted by atomic mass is 16.5. The monoisotopic (exact) mass is 473 g/mol. The number of carbonyl (C=O) groups excluding carboxylic acids is 3. The molecule has 0 spiro atoms. The minimum absolute atomic E-state index is 0.358. The molecule has 35 heavy (non-hydrogen) atoms. The van der Waals surface area contributed by atoms with Crippen LogP contribution in [-0.4, -0.2) is 30.6 Å². The van der Waals surface area contributed by atoms with Gasteiger partial charge in [0.05, 0.1) is 18.4 Å². The Morgan fingerprint density at radius 3 is 2.31 bits per heavy atom. The molecule has 0 unspecified atom stereocenters. The molecule has 0 saturated carbocycles. The van der Waals surface area contributed by atoms with Gasteiger partial charge in [-0.05, 0) is 85.1 Å². The highest BCUT2D eigenvalue weighted by Crippen LogP contribution is 2.17. The van der Waals surface area contributed by atoms with Crippen LogP contribution < -0.4 is 20.2 Å². The number of nitrogens with one attached hydrogen (secondary N) is 2. The third-order valence-electron chi connectivity index (χ3n) is 4.81. The van der Waals surface area contributed by atoms with Gasteiger partial charge < -0.3 is 14.8 Å². The fraction of sp³-hybridized carbons (Fsp3) is 0.185. The number of hydrogen-bond donors (Lipinski definition) is 2. The first kappa shape index (κ1) is 25.2. The molecule has 2 N–H and O–H groups in total. The number of rotatable bonds is 9. The zero-order chi connectivity index (χ0) is 25.0. The van der Waals surface area contributed by atoms with Gasteiger partial charge in [0.15, 0.2) is 0 Å². The zero-order valence-corrected chi connectivity index (χ0v) is 19.6. The smallest absolute Gasteiger partial charge is 0.343 e. The maximum atomic E-state index is 12.4. The summed E-state index contributed by atoms with van der Waals surface area (Å²) in [6.07, 6.45) is 3.40. The van der Waals surface area contributed by atoms with E-state index in [2.05, 4.69) is 22.8 Å². The SMILES string of the molecule is CCCCOc1ccc(C(=O)Oc2ccc(C=NNC(=O)C(=O)Nc3cccc(C)c3)cc2)cc1. The first-order chi connectivity index (χ1) is 16.9. The lowest BCUT2D eigenvalue weighted by Crippen LogP contribution is -2.32. The van der Waals surface area contributed by atoms with Crippen LogP contribution in [-0.2, 0) is 9.59 Å². The molecule has 0 bridgehead atoms. The van der Waals surface area contributed by atoms with Gasteiger partial charge in [0.25, 0.3) is 0 Å². The summed E-state index contributed by atoms with van der Waals surface area (Å²) in [4.78, 5) is 36.2. The zero-order valence-electron chi connectivity index (χ0n) is 19.6. The summed E-state index contributed by atoms with van der Waals surface area (Å²) in [5.41, 5.74) is 4.70. The summed E-state index contributed by atoms with van der Waals surface area (Å²) in [6, 6.07) is 20.4. The Kier molecular flexibility index (Phi) is 9.13. The molecule has 3 rings (SSSR count). The van der Waals surface area contributed by atoms with E-state index in [1.54, 1.807) is 66.7 Å². The van der Waals surface area contributed by atoms with Gasteiger partial charge in [0, 0.05) is 5.69 Å². The van der Waals surface area contributed by atoms with E-state index < -0.39 is 17.8 Å². The minimum Gasteiger partial charge on any atom is -0.494 e. The number of amides is 2. The first-order valence-electron chi connectivity index (χ1n) is 11.2. The predicted molar refractivity (Wildman–Crippen MR) is 134 cm³/mol. The second kappa shape index (κ2) is 12.7. The number of carbonyl (C=O) groups is 3. The van der Waals surface area contributed by atoms with Crippen molar-refractivity contribution in [3.8, 4) is 11.5 Å². The lowest BCUT2D eigenvalue weighted by atomic mass is 10.2. The number of benzene rings is 3. The molecular formula is C27H27N3O5. The molecule has 0 radical (unpaired) electrons. The number of ether oxygens (including phenoxy) is 2. The predicted octanol–water partition coefficient (Wildman–Crippen LogP) is 4.48. The van der Waals surface area contributed by atoms with Crippen molar-refractivity contribution in [1.29, 1.82) is 0 Å². The van der Waals surface area contributed by atoms with E-state index in [0.29, 0.717) is 34.9 Å². The van der Waals surface area contributed by atoms with Crippen molar-refractivity contribution in [1.82, 2.24) is 5.43 Å². The van der Waals surface area contributed by atoms with Crippen LogP contribution >= 0.6 is 0 Å². The van der Waals surface area contributed by atoms with E-state index >= 15 is 0 Å². The van der Waals surface area contributed by atoms with Crippen LogP contribution in [0.15, 0.2) is 77.9 Å². The molecule has 0 aliphatic carbocycles. The summed E-state index contributed by atoms with van der Waals surface area (Å²) in [5.74, 6) is -1.14. The van der Waals surface area contributed by atoms with E-state index in [0.717, 1.165) is 18.4 Å². The van der Waals surface area contributed by atoms with Gasteiger partial charge in [0.1, 0.15) is 11.5 Å². The number of anilines is 1. The molecule has 8 nitrogen and oxygen atoms in total. The van der Waals surface area contributed by atoms with Crippen LogP contribution in [0.25, 0.3) is 0 Å². The Morgan fingerprint density at radius 1 is 0.914 bits per heavy atom. The van der Waals surface area contributed by atoms with Crippen molar-refractivity contribution in [2.45, 2.75) is 26.7 Å². The van der Waals surface area contributed by atoms with Crippen LogP contribution in [0.3, 0.4) is 0 Å². The molecule has 3 aromatic carbocycles. The Balaban J connectivity index is 1.47. The largest absolute Gasteiger partial charge is 0.494 e. The topological polar surface area (TPSA) is 106 Å². The van der Waals surface area contributed by atoms with Crippen LogP contribution in [0.1, 0.15) is 41.3 Å². The van der Waals surface area contributed by atoms with Gasteiger partial charge in [0.2, 0.25) is 0 Å². The molecule has 0 fully saturated rings. The van der Waals surface area contributed by atoms with Gasteiger partial charge in [-0.2, -0.15) is 5.10 Å². The Morgan fingerprint density at radius 2 is 1.63 bits per heavy atom. The Labute approximate surface area is 204 Å². The maximum Gasteiger partial charge on any atom is 0.343 e. The average molecular weight is 474 g/mol. The second-order valence-electron chi connectivity index (χ2n) is 7.71. The molecule has 0 aliphatic rings. The lowest BCUT2D eigenvalue weighted by Gasteiger charge is -2.07. The molecule has 0 aliphatic heterocycles. The van der Waals surface area contributed by atoms with Crippen molar-refractivity contribution < 1.29 is 23.9 Å². The van der Waals surface area contributed by atoms with Gasteiger partial charge >= 0.3 is 17.8 Å². The summed E-state index contributed by atoms with van der Waals surface area (Å²) < 4.78 is 11.0. The molecular weight excluding hydrogens is 446 g/mol. The van der Waals surface area contributed by atoms with Crippen molar-refractivity contribution in [3.63, 3.8) is 0 Å². The number of unbranched alkanes of at least 4 members (excludes halogenated alkanes) is 1. The summed E-state index contributed by atoms with van der Waals surface area (Å²) in [6.45, 7) is 4.61. The van der Waals surface area contributed by atoms with Gasteiger partial charge in [-0.25, -0.2) is 10.2 Å².